The van der Waals surface area contributed by atoms with E-state index in [1.165, 1.54) is 12.8 Å². The molecule has 0 aromatic heterocycles. The molecule has 0 spiro atoms. The fourth-order valence-electron chi connectivity index (χ4n) is 2.43. The molecule has 21 heavy (non-hydrogen) atoms. The summed E-state index contributed by atoms with van der Waals surface area (Å²) in [5.41, 5.74) is 6.03. The monoisotopic (exact) mass is 333 g/mol. The van der Waals surface area contributed by atoms with Crippen molar-refractivity contribution >= 4 is 30.7 Å². The number of nitrogens with zero attached hydrogens (tertiary/aromatic N) is 1. The molecule has 6 heteroatoms. The van der Waals surface area contributed by atoms with Crippen LogP contribution in [0, 0.1) is 0 Å². The SMILES string of the molecule is CC(N)(C(=O)NCCN1CCCC1)c1ccccc1.Cl.Cl. The van der Waals surface area contributed by atoms with Crippen LogP contribution >= 0.6 is 24.8 Å². The van der Waals surface area contributed by atoms with Gasteiger partial charge in [-0.3, -0.25) is 4.79 Å². The molecule has 1 heterocycles. The number of likely N-dealkylation sites (tertiary alicyclic amines) is 1. The van der Waals surface area contributed by atoms with E-state index in [1.807, 2.05) is 30.3 Å². The molecule has 1 amide bonds. The molecular weight excluding hydrogens is 309 g/mol. The number of benzene rings is 1. The highest BCUT2D eigenvalue weighted by Gasteiger charge is 2.29. The highest BCUT2D eigenvalue weighted by Crippen LogP contribution is 2.17. The molecule has 0 saturated carbocycles. The number of carbonyl (C=O) groups excluding carboxylic acids is 1. The Labute approximate surface area is 139 Å². The standard InChI is InChI=1S/C15H23N3O.2ClH/c1-15(16,13-7-3-2-4-8-13)14(19)17-9-12-18-10-5-6-11-18;;/h2-4,7-8H,5-6,9-12,16H2,1H3,(H,17,19);2*1H. The molecule has 3 N–H and O–H groups in total. The summed E-state index contributed by atoms with van der Waals surface area (Å²) in [5.74, 6) is -0.113. The zero-order valence-electron chi connectivity index (χ0n) is 12.4. The maximum atomic E-state index is 12.2. The van der Waals surface area contributed by atoms with Gasteiger partial charge in [0.15, 0.2) is 0 Å². The molecule has 120 valence electrons. The van der Waals surface area contributed by atoms with Gasteiger partial charge < -0.3 is 16.0 Å². The molecule has 1 aromatic rings. The Morgan fingerprint density at radius 2 is 1.81 bits per heavy atom. The van der Waals surface area contributed by atoms with Crippen LogP contribution in [0.1, 0.15) is 25.3 Å². The van der Waals surface area contributed by atoms with E-state index in [-0.39, 0.29) is 30.7 Å². The van der Waals surface area contributed by atoms with Crippen LogP contribution in [0.4, 0.5) is 0 Å². The molecule has 0 aliphatic carbocycles. The molecule has 4 nitrogen and oxygen atoms in total. The van der Waals surface area contributed by atoms with Gasteiger partial charge in [-0.25, -0.2) is 0 Å². The molecule has 1 aliphatic heterocycles. The van der Waals surface area contributed by atoms with Crippen LogP contribution in [0.5, 0.6) is 0 Å². The molecular formula is C15H25Cl2N3O. The Morgan fingerprint density at radius 1 is 1.24 bits per heavy atom. The van der Waals surface area contributed by atoms with E-state index in [0.29, 0.717) is 6.54 Å². The van der Waals surface area contributed by atoms with Crippen LogP contribution in [0.15, 0.2) is 30.3 Å². The largest absolute Gasteiger partial charge is 0.353 e. The van der Waals surface area contributed by atoms with E-state index in [4.69, 9.17) is 5.73 Å². The second-order valence-electron chi connectivity index (χ2n) is 5.37. The molecule has 1 saturated heterocycles. The third kappa shape index (κ3) is 5.47. The normalized spacial score (nSPS) is 17.2. The van der Waals surface area contributed by atoms with E-state index >= 15 is 0 Å². The van der Waals surface area contributed by atoms with Crippen molar-refractivity contribution in [3.05, 3.63) is 35.9 Å². The van der Waals surface area contributed by atoms with Gasteiger partial charge in [0.25, 0.3) is 0 Å². The average Bonchev–Trinajstić information content (AvgIpc) is 2.93. The first-order chi connectivity index (χ1) is 9.10. The van der Waals surface area contributed by atoms with E-state index in [2.05, 4.69) is 10.2 Å². The average molecular weight is 334 g/mol. The molecule has 2 rings (SSSR count). The van der Waals surface area contributed by atoms with Crippen LogP contribution in [0.2, 0.25) is 0 Å². The number of halogens is 2. The molecule has 1 aromatic carbocycles. The summed E-state index contributed by atoms with van der Waals surface area (Å²) in [6.07, 6.45) is 2.54. The van der Waals surface area contributed by atoms with Gasteiger partial charge in [0, 0.05) is 13.1 Å². The first-order valence-electron chi connectivity index (χ1n) is 6.96. The van der Waals surface area contributed by atoms with Crippen molar-refractivity contribution < 1.29 is 4.79 Å². The number of nitrogens with two attached hydrogens (primary N) is 1. The second-order valence-corrected chi connectivity index (χ2v) is 5.37. The Balaban J connectivity index is 0.00000200. The van der Waals surface area contributed by atoms with Crippen LogP contribution in [0.3, 0.4) is 0 Å². The first-order valence-corrected chi connectivity index (χ1v) is 6.96. The van der Waals surface area contributed by atoms with Crippen molar-refractivity contribution in [2.45, 2.75) is 25.3 Å². The summed E-state index contributed by atoms with van der Waals surface area (Å²) in [6, 6.07) is 9.50. The van der Waals surface area contributed by atoms with Gasteiger partial charge in [0.1, 0.15) is 5.54 Å². The maximum absolute atomic E-state index is 12.2. The smallest absolute Gasteiger partial charge is 0.244 e. The Hall–Kier alpha value is -0.810. The third-order valence-electron chi connectivity index (χ3n) is 3.76. The number of hydrogen-bond donors (Lipinski definition) is 2. The van der Waals surface area contributed by atoms with Gasteiger partial charge in [-0.05, 0) is 38.4 Å². The number of rotatable bonds is 5. The summed E-state index contributed by atoms with van der Waals surface area (Å²) >= 11 is 0. The van der Waals surface area contributed by atoms with Crippen molar-refractivity contribution in [1.82, 2.24) is 10.2 Å². The number of hydrogen-bond acceptors (Lipinski definition) is 3. The van der Waals surface area contributed by atoms with Crippen molar-refractivity contribution in [3.8, 4) is 0 Å². The summed E-state index contributed by atoms with van der Waals surface area (Å²) in [7, 11) is 0. The highest BCUT2D eigenvalue weighted by molar-refractivity contribution is 5.87. The molecule has 1 unspecified atom stereocenters. The van der Waals surface area contributed by atoms with Crippen LogP contribution in [-0.2, 0) is 10.3 Å². The van der Waals surface area contributed by atoms with Crippen LogP contribution < -0.4 is 11.1 Å². The molecule has 1 aliphatic rings. The molecule has 1 fully saturated rings. The van der Waals surface area contributed by atoms with Crippen molar-refractivity contribution in [2.75, 3.05) is 26.2 Å². The van der Waals surface area contributed by atoms with Gasteiger partial charge in [-0.15, -0.1) is 24.8 Å². The Bertz CT molecular complexity index is 420. The van der Waals surface area contributed by atoms with E-state index in [1.54, 1.807) is 6.92 Å². The van der Waals surface area contributed by atoms with Gasteiger partial charge in [-0.2, -0.15) is 0 Å². The van der Waals surface area contributed by atoms with E-state index in [9.17, 15) is 4.79 Å². The lowest BCUT2D eigenvalue weighted by atomic mass is 9.92. The molecule has 0 bridgehead atoms. The predicted molar refractivity (Wildman–Crippen MR) is 91.2 cm³/mol. The van der Waals surface area contributed by atoms with Crippen molar-refractivity contribution in [2.24, 2.45) is 5.73 Å². The predicted octanol–water partition coefficient (Wildman–Crippen LogP) is 1.92. The quantitative estimate of drug-likeness (QED) is 0.865. The van der Waals surface area contributed by atoms with Gasteiger partial charge in [0.05, 0.1) is 0 Å². The first kappa shape index (κ1) is 20.2. The topological polar surface area (TPSA) is 58.4 Å². The zero-order chi connectivity index (χ0) is 13.7. The summed E-state index contributed by atoms with van der Waals surface area (Å²) in [4.78, 5) is 14.6. The lowest BCUT2D eigenvalue weighted by Gasteiger charge is -2.25. The molecule has 1 atom stereocenters. The van der Waals surface area contributed by atoms with Crippen molar-refractivity contribution in [3.63, 3.8) is 0 Å². The maximum Gasteiger partial charge on any atom is 0.244 e. The third-order valence-corrected chi connectivity index (χ3v) is 3.76. The summed E-state index contributed by atoms with van der Waals surface area (Å²) in [6.45, 7) is 5.63. The van der Waals surface area contributed by atoms with Gasteiger partial charge in [-0.1, -0.05) is 30.3 Å². The Morgan fingerprint density at radius 3 is 2.38 bits per heavy atom. The fourth-order valence-corrected chi connectivity index (χ4v) is 2.43. The second kappa shape index (κ2) is 9.26. The van der Waals surface area contributed by atoms with Crippen molar-refractivity contribution in [1.29, 1.82) is 0 Å². The number of nitrogens with one attached hydrogen (secondary N) is 1. The van der Waals surface area contributed by atoms with E-state index < -0.39 is 5.54 Å². The van der Waals surface area contributed by atoms with Crippen LogP contribution in [-0.4, -0.2) is 37.0 Å². The van der Waals surface area contributed by atoms with E-state index in [0.717, 1.165) is 25.2 Å². The molecule has 0 radical (unpaired) electrons. The summed E-state index contributed by atoms with van der Waals surface area (Å²) < 4.78 is 0. The highest BCUT2D eigenvalue weighted by atomic mass is 35.5. The number of amides is 1. The van der Waals surface area contributed by atoms with Gasteiger partial charge in [0.2, 0.25) is 5.91 Å². The minimum atomic E-state index is -0.966. The lowest BCUT2D eigenvalue weighted by Crippen LogP contribution is -2.50. The lowest BCUT2D eigenvalue weighted by molar-refractivity contribution is -0.126. The zero-order valence-corrected chi connectivity index (χ0v) is 14.0. The fraction of sp³-hybridized carbons (Fsp3) is 0.533. The summed E-state index contributed by atoms with van der Waals surface area (Å²) in [5, 5.41) is 2.94. The van der Waals surface area contributed by atoms with Gasteiger partial charge >= 0.3 is 0 Å². The number of carbonyl (C=O) groups is 1. The minimum absolute atomic E-state index is 0. The Kier molecular flexibility index (Phi) is 8.90. The van der Waals surface area contributed by atoms with Crippen LogP contribution in [0.25, 0.3) is 0 Å². The minimum Gasteiger partial charge on any atom is -0.353 e.